The van der Waals surface area contributed by atoms with Crippen molar-refractivity contribution in [2.24, 2.45) is 0 Å². The Morgan fingerprint density at radius 1 is 1.23 bits per heavy atom. The van der Waals surface area contributed by atoms with E-state index in [4.69, 9.17) is 0 Å². The highest BCUT2D eigenvalue weighted by Gasteiger charge is 2.20. The lowest BCUT2D eigenvalue weighted by molar-refractivity contribution is -0.116. The first-order valence-electron chi connectivity index (χ1n) is 8.90. The van der Waals surface area contributed by atoms with Crippen molar-refractivity contribution in [1.29, 1.82) is 0 Å². The minimum atomic E-state index is -0.475. The zero-order valence-corrected chi connectivity index (χ0v) is 14.8. The maximum atomic E-state index is 12.5. The highest BCUT2D eigenvalue weighted by molar-refractivity contribution is 5.94. The van der Waals surface area contributed by atoms with Crippen molar-refractivity contribution in [3.63, 3.8) is 0 Å². The predicted octanol–water partition coefficient (Wildman–Crippen LogP) is 1.38. The highest BCUT2D eigenvalue weighted by atomic mass is 16.2. The minimum absolute atomic E-state index is 0.0578. The molecular weight excluding hydrogens is 334 g/mol. The molecule has 8 nitrogen and oxygen atoms in total. The molecule has 2 aromatic heterocycles. The zero-order valence-electron chi connectivity index (χ0n) is 14.8. The molecule has 1 saturated carbocycles. The molecule has 0 aromatic carbocycles. The van der Waals surface area contributed by atoms with Crippen molar-refractivity contribution in [3.8, 4) is 0 Å². The van der Waals surface area contributed by atoms with Gasteiger partial charge in [-0.25, -0.2) is 0 Å². The SMILES string of the molecule is CCn1ccc(NC(=O)Cn2cccc(C(=O)NC3CCCC3)c2=O)n1. The summed E-state index contributed by atoms with van der Waals surface area (Å²) < 4.78 is 2.92. The van der Waals surface area contributed by atoms with Crippen LogP contribution in [0, 0.1) is 0 Å². The second kappa shape index (κ2) is 7.99. The summed E-state index contributed by atoms with van der Waals surface area (Å²) in [5, 5.41) is 9.72. The molecule has 138 valence electrons. The van der Waals surface area contributed by atoms with Crippen LogP contribution in [-0.2, 0) is 17.9 Å². The first kappa shape index (κ1) is 17.9. The minimum Gasteiger partial charge on any atom is -0.349 e. The summed E-state index contributed by atoms with van der Waals surface area (Å²) in [6.07, 6.45) is 7.34. The molecule has 2 amide bonds. The Kier molecular flexibility index (Phi) is 5.50. The van der Waals surface area contributed by atoms with Gasteiger partial charge in [0.2, 0.25) is 5.91 Å². The molecule has 1 aliphatic carbocycles. The molecule has 0 unspecified atom stereocenters. The quantitative estimate of drug-likeness (QED) is 0.816. The fourth-order valence-corrected chi connectivity index (χ4v) is 3.11. The molecule has 0 atom stereocenters. The number of amides is 2. The summed E-state index contributed by atoms with van der Waals surface area (Å²) in [6.45, 7) is 2.47. The van der Waals surface area contributed by atoms with Gasteiger partial charge in [-0.1, -0.05) is 12.8 Å². The number of aryl methyl sites for hydroxylation is 1. The van der Waals surface area contributed by atoms with Crippen LogP contribution in [0.4, 0.5) is 5.82 Å². The third kappa shape index (κ3) is 4.19. The number of rotatable bonds is 6. The lowest BCUT2D eigenvalue weighted by Crippen LogP contribution is -2.38. The van der Waals surface area contributed by atoms with Gasteiger partial charge in [-0.05, 0) is 31.9 Å². The maximum absolute atomic E-state index is 12.5. The fourth-order valence-electron chi connectivity index (χ4n) is 3.11. The highest BCUT2D eigenvalue weighted by Crippen LogP contribution is 2.17. The Hall–Kier alpha value is -2.90. The van der Waals surface area contributed by atoms with E-state index < -0.39 is 5.56 Å². The van der Waals surface area contributed by atoms with Gasteiger partial charge in [-0.2, -0.15) is 5.10 Å². The third-order valence-electron chi connectivity index (χ3n) is 4.50. The number of carbonyl (C=O) groups excluding carboxylic acids is 2. The summed E-state index contributed by atoms with van der Waals surface area (Å²) >= 11 is 0. The number of hydrogen-bond acceptors (Lipinski definition) is 4. The first-order valence-corrected chi connectivity index (χ1v) is 8.90. The fraction of sp³-hybridized carbons (Fsp3) is 0.444. The van der Waals surface area contributed by atoms with Crippen molar-refractivity contribution < 1.29 is 9.59 Å². The second-order valence-corrected chi connectivity index (χ2v) is 6.41. The average molecular weight is 357 g/mol. The standard InChI is InChI=1S/C18H23N5O3/c1-2-23-11-9-15(21-23)20-16(24)12-22-10-5-8-14(18(22)26)17(25)19-13-6-3-4-7-13/h5,8-11,13H,2-4,6-7,12H2,1H3,(H,19,25)(H,20,21,24). The summed E-state index contributed by atoms with van der Waals surface area (Å²) in [4.78, 5) is 37.0. The van der Waals surface area contributed by atoms with Crippen LogP contribution < -0.4 is 16.2 Å². The molecule has 0 spiro atoms. The Morgan fingerprint density at radius 2 is 2.00 bits per heavy atom. The number of nitrogens with one attached hydrogen (secondary N) is 2. The van der Waals surface area contributed by atoms with Crippen LogP contribution in [0.2, 0.25) is 0 Å². The third-order valence-corrected chi connectivity index (χ3v) is 4.50. The Morgan fingerprint density at radius 3 is 2.69 bits per heavy atom. The van der Waals surface area contributed by atoms with Crippen LogP contribution in [0.5, 0.6) is 0 Å². The molecule has 2 heterocycles. The van der Waals surface area contributed by atoms with Crippen molar-refractivity contribution >= 4 is 17.6 Å². The first-order chi connectivity index (χ1) is 12.6. The monoisotopic (exact) mass is 357 g/mol. The van der Waals surface area contributed by atoms with Crippen molar-refractivity contribution in [1.82, 2.24) is 19.7 Å². The summed E-state index contributed by atoms with van der Waals surface area (Å²) in [5.74, 6) is -0.319. The van der Waals surface area contributed by atoms with Gasteiger partial charge >= 0.3 is 0 Å². The smallest absolute Gasteiger partial charge is 0.263 e. The summed E-state index contributed by atoms with van der Waals surface area (Å²) in [5.41, 5.74) is -0.417. The number of hydrogen-bond donors (Lipinski definition) is 2. The number of anilines is 1. The molecule has 3 rings (SSSR count). The number of pyridine rings is 1. The summed E-state index contributed by atoms with van der Waals surface area (Å²) in [7, 11) is 0. The normalized spacial score (nSPS) is 14.3. The maximum Gasteiger partial charge on any atom is 0.263 e. The molecule has 2 N–H and O–H groups in total. The number of aromatic nitrogens is 3. The van der Waals surface area contributed by atoms with E-state index in [9.17, 15) is 14.4 Å². The lowest BCUT2D eigenvalue weighted by atomic mass is 10.2. The zero-order chi connectivity index (χ0) is 18.5. The molecule has 8 heteroatoms. The van der Waals surface area contributed by atoms with Gasteiger partial charge in [0.25, 0.3) is 11.5 Å². The van der Waals surface area contributed by atoms with Gasteiger partial charge in [-0.15, -0.1) is 0 Å². The number of carbonyl (C=O) groups is 2. The van der Waals surface area contributed by atoms with Gasteiger partial charge in [-0.3, -0.25) is 19.1 Å². The van der Waals surface area contributed by atoms with Gasteiger partial charge < -0.3 is 15.2 Å². The van der Waals surface area contributed by atoms with Gasteiger partial charge in [0.05, 0.1) is 0 Å². The predicted molar refractivity (Wildman–Crippen MR) is 97.0 cm³/mol. The van der Waals surface area contributed by atoms with Crippen LogP contribution in [0.1, 0.15) is 43.0 Å². The van der Waals surface area contributed by atoms with E-state index in [0.29, 0.717) is 12.4 Å². The van der Waals surface area contributed by atoms with Crippen LogP contribution in [0.15, 0.2) is 35.4 Å². The van der Waals surface area contributed by atoms with Crippen molar-refractivity contribution in [2.75, 3.05) is 5.32 Å². The topological polar surface area (TPSA) is 98.0 Å². The van der Waals surface area contributed by atoms with E-state index >= 15 is 0 Å². The molecule has 0 saturated heterocycles. The van der Waals surface area contributed by atoms with Crippen LogP contribution >= 0.6 is 0 Å². The average Bonchev–Trinajstić information content (AvgIpc) is 3.28. The van der Waals surface area contributed by atoms with E-state index in [-0.39, 0.29) is 30.0 Å². The van der Waals surface area contributed by atoms with Crippen molar-refractivity contribution in [2.45, 2.75) is 51.7 Å². The summed E-state index contributed by atoms with van der Waals surface area (Å²) in [6, 6.07) is 4.91. The lowest BCUT2D eigenvalue weighted by Gasteiger charge is -2.12. The van der Waals surface area contributed by atoms with E-state index in [0.717, 1.165) is 25.7 Å². The molecule has 0 bridgehead atoms. The molecule has 2 aromatic rings. The van der Waals surface area contributed by atoms with Gasteiger partial charge in [0.1, 0.15) is 12.1 Å². The van der Waals surface area contributed by atoms with Crippen molar-refractivity contribution in [3.05, 3.63) is 46.5 Å². The Balaban J connectivity index is 1.67. The molecule has 1 aliphatic rings. The molecular formula is C18H23N5O3. The Labute approximate surface area is 151 Å². The molecule has 0 aliphatic heterocycles. The van der Waals surface area contributed by atoms with E-state index in [2.05, 4.69) is 15.7 Å². The number of nitrogens with zero attached hydrogens (tertiary/aromatic N) is 3. The van der Waals surface area contributed by atoms with Crippen LogP contribution in [0.3, 0.4) is 0 Å². The van der Waals surface area contributed by atoms with Gasteiger partial charge in [0.15, 0.2) is 5.82 Å². The van der Waals surface area contributed by atoms with E-state index in [1.54, 1.807) is 23.0 Å². The van der Waals surface area contributed by atoms with Gasteiger partial charge in [0, 0.05) is 31.0 Å². The molecule has 26 heavy (non-hydrogen) atoms. The largest absolute Gasteiger partial charge is 0.349 e. The van der Waals surface area contributed by atoms with Crippen LogP contribution in [-0.4, -0.2) is 32.2 Å². The Bertz CT molecular complexity index is 849. The van der Waals surface area contributed by atoms with E-state index in [1.807, 2.05) is 6.92 Å². The van der Waals surface area contributed by atoms with Crippen LogP contribution in [0.25, 0.3) is 0 Å². The van der Waals surface area contributed by atoms with E-state index in [1.165, 1.54) is 16.8 Å². The molecule has 0 radical (unpaired) electrons. The molecule has 1 fully saturated rings. The second-order valence-electron chi connectivity index (χ2n) is 6.41.